The van der Waals surface area contributed by atoms with Gasteiger partial charge in [0, 0.05) is 11.6 Å². The van der Waals surface area contributed by atoms with E-state index in [1.807, 2.05) is 0 Å². The van der Waals surface area contributed by atoms with E-state index in [4.69, 9.17) is 4.74 Å². The third kappa shape index (κ3) is 3.72. The number of carbonyl (C=O) groups is 2. The van der Waals surface area contributed by atoms with Crippen LogP contribution in [0.1, 0.15) is 36.7 Å². The van der Waals surface area contributed by atoms with Crippen LogP contribution in [-0.4, -0.2) is 41.8 Å². The van der Waals surface area contributed by atoms with E-state index in [1.54, 1.807) is 39.0 Å². The molecule has 160 valence electrons. The predicted molar refractivity (Wildman–Crippen MR) is 110 cm³/mol. The average Bonchev–Trinajstić information content (AvgIpc) is 3.31. The number of halogens is 1. The third-order valence-electron chi connectivity index (χ3n) is 4.77. The number of benzene rings is 1. The summed E-state index contributed by atoms with van der Waals surface area (Å²) in [6.07, 6.45) is 2.80. The number of aromatic nitrogens is 5. The fourth-order valence-electron chi connectivity index (χ4n) is 3.11. The molecular formula is C21H20FN5O4. The monoisotopic (exact) mass is 425 g/mol. The fraction of sp³-hybridized carbons (Fsp3) is 0.286. The van der Waals surface area contributed by atoms with Gasteiger partial charge in [-0.15, -0.1) is 0 Å². The van der Waals surface area contributed by atoms with Crippen LogP contribution >= 0.6 is 0 Å². The van der Waals surface area contributed by atoms with Gasteiger partial charge in [0.05, 0.1) is 17.1 Å². The van der Waals surface area contributed by atoms with Crippen molar-refractivity contribution in [3.63, 3.8) is 0 Å². The summed E-state index contributed by atoms with van der Waals surface area (Å²) in [7, 11) is 0. The van der Waals surface area contributed by atoms with Gasteiger partial charge in [0.2, 0.25) is 0 Å². The van der Waals surface area contributed by atoms with Gasteiger partial charge in [-0.05, 0) is 32.4 Å². The number of carboxylic acids is 1. The minimum atomic E-state index is -1.18. The lowest BCUT2D eigenvalue weighted by Gasteiger charge is -2.16. The van der Waals surface area contributed by atoms with Crippen molar-refractivity contribution in [3.8, 4) is 11.4 Å². The number of nitrogens with zero attached hydrogens (tertiary/aromatic N) is 4. The number of nitrogens with one attached hydrogen (secondary N) is 1. The number of carbonyl (C=O) groups excluding carboxylic acids is 1. The van der Waals surface area contributed by atoms with E-state index in [-0.39, 0.29) is 23.5 Å². The van der Waals surface area contributed by atoms with Crippen LogP contribution in [0, 0.1) is 5.41 Å². The summed E-state index contributed by atoms with van der Waals surface area (Å²) < 4.78 is 19.6. The number of ether oxygens (including phenoxy) is 1. The first-order valence-corrected chi connectivity index (χ1v) is 9.49. The molecule has 0 saturated carbocycles. The minimum Gasteiger partial charge on any atom is -0.478 e. The van der Waals surface area contributed by atoms with Crippen LogP contribution in [0.5, 0.6) is 0 Å². The molecule has 0 spiro atoms. The second kappa shape index (κ2) is 7.46. The van der Waals surface area contributed by atoms with E-state index in [1.165, 1.54) is 17.0 Å². The van der Waals surface area contributed by atoms with Crippen molar-refractivity contribution in [2.45, 2.75) is 34.2 Å². The highest BCUT2D eigenvalue weighted by Gasteiger charge is 2.24. The maximum atomic E-state index is 12.9. The number of hydrogen-bond acceptors (Lipinski definition) is 6. The SMILES string of the molecule is CC(C)(C)C(=O)OCn1cc(C(=O)O)c2nc(-c3n[nH]c4cc(CF)ccc34)cnc21. The van der Waals surface area contributed by atoms with Crippen molar-refractivity contribution in [1.29, 1.82) is 0 Å². The van der Waals surface area contributed by atoms with Crippen LogP contribution in [0.3, 0.4) is 0 Å². The summed E-state index contributed by atoms with van der Waals surface area (Å²) in [5, 5.41) is 17.4. The normalized spacial score (nSPS) is 11.9. The first-order chi connectivity index (χ1) is 14.7. The summed E-state index contributed by atoms with van der Waals surface area (Å²) in [5.74, 6) is -1.61. The summed E-state index contributed by atoms with van der Waals surface area (Å²) in [4.78, 5) is 32.7. The van der Waals surface area contributed by atoms with Gasteiger partial charge in [0.15, 0.2) is 12.4 Å². The van der Waals surface area contributed by atoms with E-state index in [0.29, 0.717) is 27.9 Å². The second-order valence-corrected chi connectivity index (χ2v) is 8.14. The number of aromatic amines is 1. The molecule has 0 unspecified atom stereocenters. The number of hydrogen-bond donors (Lipinski definition) is 2. The Hall–Kier alpha value is -3.82. The van der Waals surface area contributed by atoms with Crippen molar-refractivity contribution >= 4 is 34.0 Å². The van der Waals surface area contributed by atoms with Crippen LogP contribution in [0.25, 0.3) is 33.5 Å². The third-order valence-corrected chi connectivity index (χ3v) is 4.77. The smallest absolute Gasteiger partial charge is 0.339 e. The van der Waals surface area contributed by atoms with Gasteiger partial charge in [-0.1, -0.05) is 12.1 Å². The lowest BCUT2D eigenvalue weighted by Crippen LogP contribution is -2.24. The molecule has 3 aromatic heterocycles. The standard InChI is InChI=1S/C21H20FN5O4/c1-21(2,3)20(30)31-10-27-9-13(19(28)29)17-18(27)23-8-15(24-17)16-12-5-4-11(7-22)6-14(12)25-26-16/h4-6,8-9H,7,10H2,1-3H3,(H,25,26)(H,28,29). The number of rotatable bonds is 5. The van der Waals surface area contributed by atoms with Crippen LogP contribution in [0.2, 0.25) is 0 Å². The zero-order valence-corrected chi connectivity index (χ0v) is 17.1. The largest absolute Gasteiger partial charge is 0.478 e. The van der Waals surface area contributed by atoms with Crippen LogP contribution in [0.4, 0.5) is 4.39 Å². The Morgan fingerprint density at radius 1 is 1.29 bits per heavy atom. The maximum Gasteiger partial charge on any atom is 0.339 e. The number of aromatic carboxylic acids is 1. The van der Waals surface area contributed by atoms with E-state index in [2.05, 4.69) is 20.2 Å². The van der Waals surface area contributed by atoms with Gasteiger partial charge in [-0.3, -0.25) is 14.5 Å². The summed E-state index contributed by atoms with van der Waals surface area (Å²) >= 11 is 0. The maximum absolute atomic E-state index is 12.9. The van der Waals surface area contributed by atoms with Crippen LogP contribution in [0.15, 0.2) is 30.6 Å². The molecule has 0 aliphatic heterocycles. The van der Waals surface area contributed by atoms with Crippen molar-refractivity contribution in [1.82, 2.24) is 24.7 Å². The highest BCUT2D eigenvalue weighted by atomic mass is 19.1. The van der Waals surface area contributed by atoms with E-state index in [0.717, 1.165) is 0 Å². The van der Waals surface area contributed by atoms with E-state index >= 15 is 0 Å². The lowest BCUT2D eigenvalue weighted by atomic mass is 9.98. The number of alkyl halides is 1. The van der Waals surface area contributed by atoms with E-state index in [9.17, 15) is 19.1 Å². The van der Waals surface area contributed by atoms with Crippen molar-refractivity contribution < 1.29 is 23.8 Å². The van der Waals surface area contributed by atoms with Gasteiger partial charge < -0.3 is 9.84 Å². The summed E-state index contributed by atoms with van der Waals surface area (Å²) in [6.45, 7) is 4.39. The number of H-pyrrole nitrogens is 1. The minimum absolute atomic E-state index is 0.0734. The molecule has 10 heteroatoms. The Kier molecular flexibility index (Phi) is 4.92. The molecule has 0 bridgehead atoms. The first-order valence-electron chi connectivity index (χ1n) is 9.49. The first kappa shape index (κ1) is 20.5. The summed E-state index contributed by atoms with van der Waals surface area (Å²) in [6, 6.07) is 5.03. The molecule has 4 aromatic rings. The zero-order valence-electron chi connectivity index (χ0n) is 17.1. The van der Waals surface area contributed by atoms with Gasteiger partial charge in [0.1, 0.15) is 29.1 Å². The number of fused-ring (bicyclic) bond motifs is 2. The molecule has 0 aliphatic rings. The zero-order chi connectivity index (χ0) is 22.3. The molecule has 0 fully saturated rings. The molecule has 3 heterocycles. The topological polar surface area (TPSA) is 123 Å². The highest BCUT2D eigenvalue weighted by molar-refractivity contribution is 6.01. The van der Waals surface area contributed by atoms with Gasteiger partial charge in [-0.2, -0.15) is 5.10 Å². The highest BCUT2D eigenvalue weighted by Crippen LogP contribution is 2.28. The van der Waals surface area contributed by atoms with Crippen LogP contribution in [-0.2, 0) is 22.9 Å². The van der Waals surface area contributed by atoms with Crippen molar-refractivity contribution in [3.05, 3.63) is 41.7 Å². The molecule has 0 radical (unpaired) electrons. The molecule has 0 atom stereocenters. The second-order valence-electron chi connectivity index (χ2n) is 8.14. The number of esters is 1. The molecule has 0 aliphatic carbocycles. The number of carboxylic acid groups (broad SMARTS) is 1. The van der Waals surface area contributed by atoms with Crippen molar-refractivity contribution in [2.24, 2.45) is 5.41 Å². The Balaban J connectivity index is 1.76. The predicted octanol–water partition coefficient (Wildman–Crippen LogP) is 3.69. The van der Waals surface area contributed by atoms with Gasteiger partial charge in [-0.25, -0.2) is 19.2 Å². The molecule has 4 rings (SSSR count). The molecule has 1 aromatic carbocycles. The van der Waals surface area contributed by atoms with Gasteiger partial charge >= 0.3 is 11.9 Å². The Bertz CT molecular complexity index is 1320. The Morgan fingerprint density at radius 2 is 2.06 bits per heavy atom. The molecule has 31 heavy (non-hydrogen) atoms. The quantitative estimate of drug-likeness (QED) is 0.468. The molecule has 2 N–H and O–H groups in total. The van der Waals surface area contributed by atoms with Crippen molar-refractivity contribution in [2.75, 3.05) is 0 Å². The Morgan fingerprint density at radius 3 is 2.74 bits per heavy atom. The average molecular weight is 425 g/mol. The molecular weight excluding hydrogens is 405 g/mol. The summed E-state index contributed by atoms with van der Waals surface area (Å²) in [5.41, 5.74) is 1.63. The lowest BCUT2D eigenvalue weighted by molar-refractivity contribution is -0.156. The van der Waals surface area contributed by atoms with Crippen LogP contribution < -0.4 is 0 Å². The Labute approximate surface area is 175 Å². The molecule has 0 amide bonds. The van der Waals surface area contributed by atoms with E-state index < -0.39 is 24.0 Å². The fourth-order valence-corrected chi connectivity index (χ4v) is 3.11. The molecule has 0 saturated heterocycles. The van der Waals surface area contributed by atoms with Gasteiger partial charge in [0.25, 0.3) is 0 Å². The molecule has 9 nitrogen and oxygen atoms in total.